The van der Waals surface area contributed by atoms with Gasteiger partial charge in [-0.2, -0.15) is 0 Å². The lowest BCUT2D eigenvalue weighted by Crippen LogP contribution is -2.11. The number of nitrogens with zero attached hydrogens (tertiary/aromatic N) is 2. The van der Waals surface area contributed by atoms with E-state index in [-0.39, 0.29) is 0 Å². The molecule has 2 heterocycles. The highest BCUT2D eigenvalue weighted by Crippen LogP contribution is 2.43. The number of hydrogen-bond donors (Lipinski definition) is 0. The summed E-state index contributed by atoms with van der Waals surface area (Å²) in [7, 11) is 0. The Labute approximate surface area is 317 Å². The van der Waals surface area contributed by atoms with Crippen LogP contribution in [0, 0.1) is 0 Å². The van der Waals surface area contributed by atoms with Crippen molar-refractivity contribution in [2.45, 2.75) is 0 Å². The molecular formula is C51H32N2O2. The van der Waals surface area contributed by atoms with E-state index in [1.54, 1.807) is 0 Å². The van der Waals surface area contributed by atoms with Crippen molar-refractivity contribution < 1.29 is 8.83 Å². The van der Waals surface area contributed by atoms with Gasteiger partial charge in [-0.3, -0.25) is 0 Å². The summed E-state index contributed by atoms with van der Waals surface area (Å²) >= 11 is 0. The van der Waals surface area contributed by atoms with Crippen molar-refractivity contribution >= 4 is 71.6 Å². The summed E-state index contributed by atoms with van der Waals surface area (Å²) in [5, 5.41) is 6.75. The molecule has 0 amide bonds. The lowest BCUT2D eigenvalue weighted by molar-refractivity contribution is 0.623. The first-order valence-corrected chi connectivity index (χ1v) is 18.5. The molecule has 0 fully saturated rings. The van der Waals surface area contributed by atoms with E-state index in [2.05, 4.69) is 181 Å². The second kappa shape index (κ2) is 12.6. The number of furan rings is 1. The molecule has 0 saturated carbocycles. The fraction of sp³-hybridized carbons (Fsp3) is 0. The molecule has 9 aromatic carbocycles. The number of para-hydroxylation sites is 3. The number of fused-ring (bicyclic) bond motifs is 7. The van der Waals surface area contributed by atoms with Crippen molar-refractivity contribution in [3.8, 4) is 33.7 Å². The fourth-order valence-electron chi connectivity index (χ4n) is 7.94. The SMILES string of the molecule is c1ccc(N(c2ccc3c(c2)oc2ccccc23)c2ccccc2-c2ccc(-c3ccc4ccc5nc(-c6ccc7ccccc7c6)oc5c4c3)cc2)cc1. The molecule has 0 atom stereocenters. The molecule has 11 rings (SSSR count). The maximum Gasteiger partial charge on any atom is 0.227 e. The number of hydrogen-bond acceptors (Lipinski definition) is 4. The zero-order valence-corrected chi connectivity index (χ0v) is 29.7. The van der Waals surface area contributed by atoms with E-state index in [1.807, 2.05) is 18.2 Å². The molecule has 55 heavy (non-hydrogen) atoms. The molecule has 0 saturated heterocycles. The van der Waals surface area contributed by atoms with Crippen LogP contribution in [-0.4, -0.2) is 4.98 Å². The molecule has 258 valence electrons. The van der Waals surface area contributed by atoms with E-state index in [0.717, 1.165) is 94.1 Å². The molecule has 4 heteroatoms. The predicted octanol–water partition coefficient (Wildman–Crippen LogP) is 14.5. The number of anilines is 3. The van der Waals surface area contributed by atoms with Gasteiger partial charge < -0.3 is 13.7 Å². The van der Waals surface area contributed by atoms with Gasteiger partial charge in [0.25, 0.3) is 0 Å². The summed E-state index contributed by atoms with van der Waals surface area (Å²) in [4.78, 5) is 7.22. The zero-order valence-electron chi connectivity index (χ0n) is 29.7. The first kappa shape index (κ1) is 31.1. The molecule has 0 unspecified atom stereocenters. The molecule has 0 radical (unpaired) electrons. The van der Waals surface area contributed by atoms with Crippen molar-refractivity contribution in [1.29, 1.82) is 0 Å². The summed E-state index contributed by atoms with van der Waals surface area (Å²) in [6.45, 7) is 0. The second-order valence-corrected chi connectivity index (χ2v) is 14.0. The number of benzene rings is 9. The van der Waals surface area contributed by atoms with Crippen LogP contribution in [0.2, 0.25) is 0 Å². The summed E-state index contributed by atoms with van der Waals surface area (Å²) in [5.74, 6) is 0.628. The van der Waals surface area contributed by atoms with Gasteiger partial charge in [-0.1, -0.05) is 127 Å². The van der Waals surface area contributed by atoms with Gasteiger partial charge in [0.1, 0.15) is 16.7 Å². The van der Waals surface area contributed by atoms with Crippen molar-refractivity contribution in [3.05, 3.63) is 194 Å². The Bertz CT molecular complexity index is 3210. The maximum absolute atomic E-state index is 6.51. The maximum atomic E-state index is 6.51. The van der Waals surface area contributed by atoms with Crippen LogP contribution in [0.5, 0.6) is 0 Å². The molecule has 0 aliphatic rings. The van der Waals surface area contributed by atoms with Crippen molar-refractivity contribution in [2.75, 3.05) is 4.90 Å². The largest absolute Gasteiger partial charge is 0.456 e. The standard InChI is InChI=1S/C51H32N2O2/c1-2-12-40(13-3-1)53(41-27-28-44-43-15-7-9-17-48(43)54-49(44)32-41)47-16-8-6-14-42(47)35-21-18-34(19-22-35)38-24-23-36-26-29-46-50(45(36)31-38)55-51(52-46)39-25-20-33-10-4-5-11-37(33)30-39/h1-32H. The Morgan fingerprint density at radius 1 is 0.382 bits per heavy atom. The lowest BCUT2D eigenvalue weighted by atomic mass is 9.97. The highest BCUT2D eigenvalue weighted by molar-refractivity contribution is 6.07. The first-order chi connectivity index (χ1) is 27.2. The Morgan fingerprint density at radius 3 is 1.98 bits per heavy atom. The average molecular weight is 705 g/mol. The van der Waals surface area contributed by atoms with Crippen molar-refractivity contribution in [3.63, 3.8) is 0 Å². The van der Waals surface area contributed by atoms with Crippen LogP contribution >= 0.6 is 0 Å². The van der Waals surface area contributed by atoms with E-state index in [1.165, 1.54) is 5.39 Å². The molecule has 11 aromatic rings. The molecule has 0 N–H and O–H groups in total. The summed E-state index contributed by atoms with van der Waals surface area (Å²) in [6.07, 6.45) is 0. The molecule has 0 aliphatic carbocycles. The van der Waals surface area contributed by atoms with Crippen LogP contribution in [0.15, 0.2) is 203 Å². The number of rotatable bonds is 6. The zero-order chi connectivity index (χ0) is 36.3. The molecule has 0 spiro atoms. The van der Waals surface area contributed by atoms with E-state index >= 15 is 0 Å². The van der Waals surface area contributed by atoms with Gasteiger partial charge >= 0.3 is 0 Å². The van der Waals surface area contributed by atoms with Crippen LogP contribution in [0.3, 0.4) is 0 Å². The summed E-state index contributed by atoms with van der Waals surface area (Å²) in [5.41, 5.74) is 12.1. The molecule has 0 bridgehead atoms. The summed E-state index contributed by atoms with van der Waals surface area (Å²) in [6, 6.07) is 68.2. The third kappa shape index (κ3) is 5.34. The van der Waals surface area contributed by atoms with Crippen LogP contribution in [-0.2, 0) is 0 Å². The van der Waals surface area contributed by atoms with Crippen LogP contribution in [0.25, 0.3) is 88.3 Å². The monoisotopic (exact) mass is 704 g/mol. The molecular weight excluding hydrogens is 673 g/mol. The van der Waals surface area contributed by atoms with Gasteiger partial charge in [0.15, 0.2) is 5.58 Å². The second-order valence-electron chi connectivity index (χ2n) is 14.0. The van der Waals surface area contributed by atoms with Gasteiger partial charge in [0, 0.05) is 44.7 Å². The van der Waals surface area contributed by atoms with Gasteiger partial charge in [-0.05, 0) is 93.5 Å². The van der Waals surface area contributed by atoms with Gasteiger partial charge in [-0.25, -0.2) is 4.98 Å². The third-order valence-corrected chi connectivity index (χ3v) is 10.7. The predicted molar refractivity (Wildman–Crippen MR) is 227 cm³/mol. The Balaban J connectivity index is 0.968. The van der Waals surface area contributed by atoms with Gasteiger partial charge in [-0.15, -0.1) is 0 Å². The van der Waals surface area contributed by atoms with Crippen LogP contribution in [0.1, 0.15) is 0 Å². The van der Waals surface area contributed by atoms with E-state index < -0.39 is 0 Å². The van der Waals surface area contributed by atoms with Crippen LogP contribution < -0.4 is 4.90 Å². The Hall–Kier alpha value is -7.43. The number of aromatic nitrogens is 1. The minimum atomic E-state index is 0.628. The lowest BCUT2D eigenvalue weighted by Gasteiger charge is -2.27. The van der Waals surface area contributed by atoms with Crippen LogP contribution in [0.4, 0.5) is 17.1 Å². The smallest absolute Gasteiger partial charge is 0.227 e. The van der Waals surface area contributed by atoms with Crippen molar-refractivity contribution in [1.82, 2.24) is 4.98 Å². The normalized spacial score (nSPS) is 11.6. The molecule has 2 aromatic heterocycles. The number of oxazole rings is 1. The van der Waals surface area contributed by atoms with E-state index in [4.69, 9.17) is 13.8 Å². The average Bonchev–Trinajstić information content (AvgIpc) is 3.86. The van der Waals surface area contributed by atoms with Gasteiger partial charge in [0.05, 0.1) is 5.69 Å². The minimum Gasteiger partial charge on any atom is -0.456 e. The topological polar surface area (TPSA) is 42.4 Å². The molecule has 4 nitrogen and oxygen atoms in total. The summed E-state index contributed by atoms with van der Waals surface area (Å²) < 4.78 is 12.8. The first-order valence-electron chi connectivity index (χ1n) is 18.5. The third-order valence-electron chi connectivity index (χ3n) is 10.7. The van der Waals surface area contributed by atoms with Crippen molar-refractivity contribution in [2.24, 2.45) is 0 Å². The van der Waals surface area contributed by atoms with E-state index in [0.29, 0.717) is 5.89 Å². The minimum absolute atomic E-state index is 0.628. The Kier molecular flexibility index (Phi) is 7.14. The Morgan fingerprint density at radius 2 is 1.07 bits per heavy atom. The fourth-order valence-corrected chi connectivity index (χ4v) is 7.94. The highest BCUT2D eigenvalue weighted by atomic mass is 16.3. The van der Waals surface area contributed by atoms with E-state index in [9.17, 15) is 0 Å². The molecule has 0 aliphatic heterocycles. The highest BCUT2D eigenvalue weighted by Gasteiger charge is 2.19. The van der Waals surface area contributed by atoms with Gasteiger partial charge in [0.2, 0.25) is 5.89 Å². The quantitative estimate of drug-likeness (QED) is 0.173.